The highest BCUT2D eigenvalue weighted by atomic mass is 35.5. The van der Waals surface area contributed by atoms with Crippen molar-refractivity contribution in [3.63, 3.8) is 0 Å². The number of benzene rings is 2. The van der Waals surface area contributed by atoms with Crippen LogP contribution in [0.25, 0.3) is 11.1 Å². The Morgan fingerprint density at radius 2 is 1.88 bits per heavy atom. The summed E-state index contributed by atoms with van der Waals surface area (Å²) in [5, 5.41) is 4.01. The van der Waals surface area contributed by atoms with Crippen LogP contribution in [-0.4, -0.2) is 4.99 Å². The van der Waals surface area contributed by atoms with E-state index in [2.05, 4.69) is 17.4 Å². The number of halogens is 1. The van der Waals surface area contributed by atoms with Crippen molar-refractivity contribution in [2.75, 3.05) is 5.32 Å². The van der Waals surface area contributed by atoms with Crippen molar-refractivity contribution in [1.82, 2.24) is 0 Å². The van der Waals surface area contributed by atoms with Crippen LogP contribution in [0.3, 0.4) is 0 Å². The summed E-state index contributed by atoms with van der Waals surface area (Å²) in [6.07, 6.45) is 0.776. The predicted octanol–water partition coefficient (Wildman–Crippen LogP) is 4.30. The predicted molar refractivity (Wildman–Crippen MR) is 76.8 cm³/mol. The van der Waals surface area contributed by atoms with Gasteiger partial charge in [0.25, 0.3) is 0 Å². The largest absolute Gasteiger partial charge is 0.349 e. The van der Waals surface area contributed by atoms with Crippen LogP contribution in [-0.2, 0) is 6.42 Å². The van der Waals surface area contributed by atoms with Gasteiger partial charge in [0.2, 0.25) is 0 Å². The third kappa shape index (κ3) is 1.94. The van der Waals surface area contributed by atoms with Crippen molar-refractivity contribution in [2.45, 2.75) is 6.42 Å². The number of thiocarbonyl (C=S) groups is 1. The summed E-state index contributed by atoms with van der Waals surface area (Å²) in [6.45, 7) is 0. The maximum absolute atomic E-state index is 6.07. The van der Waals surface area contributed by atoms with Gasteiger partial charge in [-0.05, 0) is 29.3 Å². The fourth-order valence-corrected chi connectivity index (χ4v) is 2.59. The first-order valence-electron chi connectivity index (χ1n) is 5.42. The highest BCUT2D eigenvalue weighted by Crippen LogP contribution is 2.35. The summed E-state index contributed by atoms with van der Waals surface area (Å²) in [5.74, 6) is 0. The second kappa shape index (κ2) is 4.13. The second-order valence-electron chi connectivity index (χ2n) is 4.07. The van der Waals surface area contributed by atoms with Crippen molar-refractivity contribution >= 4 is 34.5 Å². The summed E-state index contributed by atoms with van der Waals surface area (Å²) >= 11 is 11.4. The van der Waals surface area contributed by atoms with Crippen LogP contribution in [0.2, 0.25) is 5.02 Å². The fraction of sp³-hybridized carbons (Fsp3) is 0.0714. The van der Waals surface area contributed by atoms with E-state index in [1.54, 1.807) is 0 Å². The lowest BCUT2D eigenvalue weighted by atomic mass is 9.98. The zero-order valence-corrected chi connectivity index (χ0v) is 10.6. The molecule has 2 aromatic rings. The lowest BCUT2D eigenvalue weighted by Gasteiger charge is -2.09. The van der Waals surface area contributed by atoms with E-state index < -0.39 is 0 Å². The van der Waals surface area contributed by atoms with Gasteiger partial charge in [-0.2, -0.15) is 0 Å². The van der Waals surface area contributed by atoms with Crippen LogP contribution in [0.1, 0.15) is 5.56 Å². The highest BCUT2D eigenvalue weighted by molar-refractivity contribution is 7.80. The number of hydrogen-bond acceptors (Lipinski definition) is 1. The summed E-state index contributed by atoms with van der Waals surface area (Å²) < 4.78 is 0. The molecule has 1 heterocycles. The Hall–Kier alpha value is -1.38. The van der Waals surface area contributed by atoms with Crippen LogP contribution >= 0.6 is 23.8 Å². The maximum Gasteiger partial charge on any atom is 0.0842 e. The van der Waals surface area contributed by atoms with Gasteiger partial charge in [0.15, 0.2) is 0 Å². The van der Waals surface area contributed by atoms with Crippen molar-refractivity contribution in [3.05, 3.63) is 53.1 Å². The number of rotatable bonds is 0. The first kappa shape index (κ1) is 10.8. The molecule has 1 nitrogen and oxygen atoms in total. The fourth-order valence-electron chi connectivity index (χ4n) is 2.15. The van der Waals surface area contributed by atoms with Gasteiger partial charge < -0.3 is 5.32 Å². The molecule has 0 aromatic heterocycles. The molecule has 1 aliphatic heterocycles. The Morgan fingerprint density at radius 1 is 1.06 bits per heavy atom. The van der Waals surface area contributed by atoms with Gasteiger partial charge >= 0.3 is 0 Å². The molecule has 0 saturated heterocycles. The monoisotopic (exact) mass is 259 g/mol. The van der Waals surface area contributed by atoms with E-state index in [9.17, 15) is 0 Å². The SMILES string of the molecule is S=C1Cc2ccccc2-c2cc(Cl)ccc2N1. The van der Waals surface area contributed by atoms with Crippen molar-refractivity contribution < 1.29 is 0 Å². The molecule has 0 radical (unpaired) electrons. The van der Waals surface area contributed by atoms with Gasteiger partial charge in [-0.1, -0.05) is 48.1 Å². The summed E-state index contributed by atoms with van der Waals surface area (Å²) in [5.41, 5.74) is 4.60. The van der Waals surface area contributed by atoms with E-state index >= 15 is 0 Å². The average molecular weight is 260 g/mol. The molecule has 0 bridgehead atoms. The molecular formula is C14H10ClNS. The number of anilines is 1. The molecule has 3 rings (SSSR count). The standard InChI is InChI=1S/C14H10ClNS/c15-10-5-6-13-12(8-10)11-4-2-1-3-9(11)7-14(17)16-13/h1-6,8H,7H2,(H,16,17). The summed E-state index contributed by atoms with van der Waals surface area (Å²) in [4.78, 5) is 0.846. The Kier molecular flexibility index (Phi) is 2.61. The third-order valence-corrected chi connectivity index (χ3v) is 3.40. The van der Waals surface area contributed by atoms with Crippen LogP contribution in [0.5, 0.6) is 0 Å². The number of hydrogen-bond donors (Lipinski definition) is 1. The molecule has 0 saturated carbocycles. The van der Waals surface area contributed by atoms with Crippen LogP contribution < -0.4 is 5.32 Å². The zero-order valence-electron chi connectivity index (χ0n) is 9.03. The average Bonchev–Trinajstić information content (AvgIpc) is 2.45. The van der Waals surface area contributed by atoms with Gasteiger partial charge in [0.1, 0.15) is 0 Å². The van der Waals surface area contributed by atoms with Gasteiger partial charge in [0, 0.05) is 22.7 Å². The normalized spacial score (nSPS) is 13.4. The molecule has 1 N–H and O–H groups in total. The molecule has 1 aliphatic rings. The minimum absolute atomic E-state index is 0.744. The maximum atomic E-state index is 6.07. The van der Waals surface area contributed by atoms with E-state index in [0.717, 1.165) is 27.7 Å². The Bertz CT molecular complexity index is 607. The number of nitrogens with one attached hydrogen (secondary N) is 1. The van der Waals surface area contributed by atoms with Crippen LogP contribution in [0.15, 0.2) is 42.5 Å². The van der Waals surface area contributed by atoms with E-state index in [-0.39, 0.29) is 0 Å². The van der Waals surface area contributed by atoms with E-state index in [1.807, 2.05) is 30.3 Å². The van der Waals surface area contributed by atoms with Crippen molar-refractivity contribution in [3.8, 4) is 11.1 Å². The third-order valence-electron chi connectivity index (χ3n) is 2.91. The minimum atomic E-state index is 0.744. The molecular weight excluding hydrogens is 250 g/mol. The van der Waals surface area contributed by atoms with Crippen LogP contribution in [0, 0.1) is 0 Å². The zero-order chi connectivity index (χ0) is 11.8. The molecule has 0 aliphatic carbocycles. The van der Waals surface area contributed by atoms with E-state index in [4.69, 9.17) is 23.8 Å². The van der Waals surface area contributed by atoms with Crippen molar-refractivity contribution in [1.29, 1.82) is 0 Å². The highest BCUT2D eigenvalue weighted by Gasteiger charge is 2.16. The molecule has 0 amide bonds. The molecule has 0 unspecified atom stereocenters. The molecule has 84 valence electrons. The summed E-state index contributed by atoms with van der Waals surface area (Å²) in [6, 6.07) is 14.1. The minimum Gasteiger partial charge on any atom is -0.349 e. The van der Waals surface area contributed by atoms with Gasteiger partial charge in [-0.15, -0.1) is 0 Å². The van der Waals surface area contributed by atoms with E-state index in [0.29, 0.717) is 0 Å². The van der Waals surface area contributed by atoms with Gasteiger partial charge in [0.05, 0.1) is 4.99 Å². The molecule has 0 spiro atoms. The smallest absolute Gasteiger partial charge is 0.0842 e. The molecule has 3 heteroatoms. The lowest BCUT2D eigenvalue weighted by Crippen LogP contribution is -2.09. The number of fused-ring (bicyclic) bond motifs is 3. The first-order valence-corrected chi connectivity index (χ1v) is 6.20. The van der Waals surface area contributed by atoms with Crippen LogP contribution in [0.4, 0.5) is 5.69 Å². The Labute approximate surface area is 110 Å². The van der Waals surface area contributed by atoms with E-state index in [1.165, 1.54) is 11.1 Å². The summed E-state index contributed by atoms with van der Waals surface area (Å²) in [7, 11) is 0. The first-order chi connectivity index (χ1) is 8.24. The quantitative estimate of drug-likeness (QED) is 0.708. The molecule has 17 heavy (non-hydrogen) atoms. The lowest BCUT2D eigenvalue weighted by molar-refractivity contribution is 1.36. The topological polar surface area (TPSA) is 12.0 Å². The molecule has 0 fully saturated rings. The van der Waals surface area contributed by atoms with Crippen molar-refractivity contribution in [2.24, 2.45) is 0 Å². The Morgan fingerprint density at radius 3 is 2.76 bits per heavy atom. The second-order valence-corrected chi connectivity index (χ2v) is 5.00. The van der Waals surface area contributed by atoms with Gasteiger partial charge in [-0.25, -0.2) is 0 Å². The molecule has 2 aromatic carbocycles. The van der Waals surface area contributed by atoms with Gasteiger partial charge in [-0.3, -0.25) is 0 Å². The Balaban J connectivity index is 2.31. The molecule has 0 atom stereocenters.